The number of para-hydroxylation sites is 1. The molecule has 2 aromatic carbocycles. The Morgan fingerprint density at radius 2 is 1.66 bits per heavy atom. The molecule has 0 bridgehead atoms. The molecule has 1 saturated heterocycles. The van der Waals surface area contributed by atoms with E-state index in [1.54, 1.807) is 0 Å². The number of nitrogens with one attached hydrogen (secondary N) is 1. The van der Waals surface area contributed by atoms with Crippen LogP contribution in [0.5, 0.6) is 0 Å². The lowest BCUT2D eigenvalue weighted by atomic mass is 10.2. The van der Waals surface area contributed by atoms with Crippen molar-refractivity contribution in [1.82, 2.24) is 24.7 Å². The lowest BCUT2D eigenvalue weighted by molar-refractivity contribution is -0.133. The molecule has 0 spiro atoms. The summed E-state index contributed by atoms with van der Waals surface area (Å²) >= 11 is 0. The van der Waals surface area contributed by atoms with Crippen molar-refractivity contribution in [2.24, 2.45) is 0 Å². The van der Waals surface area contributed by atoms with Crippen LogP contribution in [0.1, 0.15) is 36.7 Å². The van der Waals surface area contributed by atoms with Gasteiger partial charge in [-0.25, -0.2) is 4.98 Å². The maximum atomic E-state index is 13.0. The van der Waals surface area contributed by atoms with Crippen LogP contribution in [-0.4, -0.2) is 63.9 Å². The first-order valence-corrected chi connectivity index (χ1v) is 12.4. The molecule has 8 nitrogen and oxygen atoms in total. The number of benzene rings is 2. The van der Waals surface area contributed by atoms with Gasteiger partial charge in [0, 0.05) is 51.6 Å². The van der Waals surface area contributed by atoms with Gasteiger partial charge in [0.15, 0.2) is 0 Å². The highest BCUT2D eigenvalue weighted by molar-refractivity contribution is 5.79. The Morgan fingerprint density at radius 3 is 2.40 bits per heavy atom. The number of hydrogen-bond donors (Lipinski definition) is 1. The largest absolute Gasteiger partial charge is 0.351 e. The fourth-order valence-corrected chi connectivity index (χ4v) is 4.67. The highest BCUT2D eigenvalue weighted by Crippen LogP contribution is 2.35. The number of hydrogen-bond acceptors (Lipinski definition) is 5. The summed E-state index contributed by atoms with van der Waals surface area (Å²) in [4.78, 5) is 46.9. The summed E-state index contributed by atoms with van der Waals surface area (Å²) in [6.07, 6.45) is 2.76. The number of piperazine rings is 1. The zero-order valence-electron chi connectivity index (χ0n) is 19.9. The van der Waals surface area contributed by atoms with E-state index in [0.717, 1.165) is 18.4 Å². The smallest absolute Gasteiger partial charge is 0.261 e. The second kappa shape index (κ2) is 10.4. The molecule has 1 aliphatic heterocycles. The minimum atomic E-state index is -0.00550. The van der Waals surface area contributed by atoms with Gasteiger partial charge in [0.2, 0.25) is 11.8 Å². The van der Waals surface area contributed by atoms with E-state index in [1.165, 1.54) is 0 Å². The summed E-state index contributed by atoms with van der Waals surface area (Å²) in [7, 11) is 0. The molecule has 0 radical (unpaired) electrons. The molecule has 35 heavy (non-hydrogen) atoms. The van der Waals surface area contributed by atoms with Gasteiger partial charge in [0.25, 0.3) is 5.56 Å². The van der Waals surface area contributed by atoms with Crippen molar-refractivity contribution >= 4 is 22.7 Å². The number of aryl methyl sites for hydroxylation is 1. The van der Waals surface area contributed by atoms with E-state index < -0.39 is 0 Å². The molecule has 1 saturated carbocycles. The summed E-state index contributed by atoms with van der Waals surface area (Å²) in [5.41, 5.74) is 1.76. The Hall–Kier alpha value is -3.52. The number of fused-ring (bicyclic) bond motifs is 1. The van der Waals surface area contributed by atoms with Crippen molar-refractivity contribution in [3.8, 4) is 0 Å². The maximum Gasteiger partial charge on any atom is 0.261 e. The minimum absolute atomic E-state index is 0.000274. The number of nitrogens with zero attached hydrogens (tertiary/aromatic N) is 4. The zero-order chi connectivity index (χ0) is 24.2. The van der Waals surface area contributed by atoms with Crippen LogP contribution in [0.25, 0.3) is 10.9 Å². The minimum Gasteiger partial charge on any atom is -0.351 e. The molecular weight excluding hydrogens is 442 g/mol. The van der Waals surface area contributed by atoms with Crippen LogP contribution in [-0.2, 0) is 22.6 Å². The average molecular weight is 474 g/mol. The van der Waals surface area contributed by atoms with Crippen molar-refractivity contribution in [2.45, 2.75) is 38.3 Å². The maximum absolute atomic E-state index is 13.0. The topological polar surface area (TPSA) is 87.5 Å². The first kappa shape index (κ1) is 23.2. The Kier molecular flexibility index (Phi) is 6.90. The molecule has 8 heteroatoms. The van der Waals surface area contributed by atoms with E-state index in [-0.39, 0.29) is 23.4 Å². The molecule has 5 rings (SSSR count). The van der Waals surface area contributed by atoms with Gasteiger partial charge in [0.05, 0.1) is 17.4 Å². The van der Waals surface area contributed by atoms with Gasteiger partial charge in [-0.15, -0.1) is 0 Å². The van der Waals surface area contributed by atoms with E-state index in [4.69, 9.17) is 4.98 Å². The normalized spacial score (nSPS) is 16.4. The van der Waals surface area contributed by atoms with Crippen LogP contribution in [0.15, 0.2) is 59.4 Å². The number of amides is 2. The molecule has 182 valence electrons. The van der Waals surface area contributed by atoms with Gasteiger partial charge >= 0.3 is 0 Å². The second-order valence-corrected chi connectivity index (χ2v) is 9.37. The molecule has 2 amide bonds. The lowest BCUT2D eigenvalue weighted by Gasteiger charge is -2.34. The number of carbonyl (C=O) groups excluding carboxylic acids is 2. The summed E-state index contributed by atoms with van der Waals surface area (Å²) < 4.78 is 1.81. The molecule has 2 aliphatic rings. The standard InChI is InChI=1S/C27H31N5O3/c33-25(28-18-20-6-2-1-3-7-20)19-30-14-16-31(17-15-30)26(34)13-12-24-29-23-9-5-4-8-22(23)27(35)32(24)21-10-11-21/h1-9,21H,10-19H2,(H,28,33). The van der Waals surface area contributed by atoms with Crippen molar-refractivity contribution in [3.05, 3.63) is 76.3 Å². The van der Waals surface area contributed by atoms with Crippen LogP contribution >= 0.6 is 0 Å². The van der Waals surface area contributed by atoms with Gasteiger partial charge in [-0.3, -0.25) is 23.9 Å². The van der Waals surface area contributed by atoms with Gasteiger partial charge in [-0.2, -0.15) is 0 Å². The first-order chi connectivity index (χ1) is 17.1. The third-order valence-corrected chi connectivity index (χ3v) is 6.78. The van der Waals surface area contributed by atoms with Gasteiger partial charge in [-0.1, -0.05) is 42.5 Å². The van der Waals surface area contributed by atoms with Crippen LogP contribution in [0.2, 0.25) is 0 Å². The van der Waals surface area contributed by atoms with Crippen LogP contribution in [0.4, 0.5) is 0 Å². The molecule has 1 N–H and O–H groups in total. The Balaban J connectivity index is 1.12. The lowest BCUT2D eigenvalue weighted by Crippen LogP contribution is -2.51. The van der Waals surface area contributed by atoms with Crippen molar-refractivity contribution < 1.29 is 9.59 Å². The Labute approximate surface area is 204 Å². The van der Waals surface area contributed by atoms with Gasteiger partial charge < -0.3 is 10.2 Å². The predicted molar refractivity (Wildman–Crippen MR) is 134 cm³/mol. The van der Waals surface area contributed by atoms with E-state index in [0.29, 0.717) is 68.8 Å². The predicted octanol–water partition coefficient (Wildman–Crippen LogP) is 2.12. The molecule has 3 aromatic rings. The van der Waals surface area contributed by atoms with E-state index in [1.807, 2.05) is 64.1 Å². The fraction of sp³-hybridized carbons (Fsp3) is 0.407. The third kappa shape index (κ3) is 5.59. The van der Waals surface area contributed by atoms with Crippen molar-refractivity contribution in [3.63, 3.8) is 0 Å². The van der Waals surface area contributed by atoms with Crippen LogP contribution in [0, 0.1) is 0 Å². The van der Waals surface area contributed by atoms with Crippen LogP contribution < -0.4 is 10.9 Å². The second-order valence-electron chi connectivity index (χ2n) is 9.37. The van der Waals surface area contributed by atoms with Crippen molar-refractivity contribution in [1.29, 1.82) is 0 Å². The highest BCUT2D eigenvalue weighted by Gasteiger charge is 2.29. The van der Waals surface area contributed by atoms with Gasteiger partial charge in [-0.05, 0) is 30.5 Å². The third-order valence-electron chi connectivity index (χ3n) is 6.78. The van der Waals surface area contributed by atoms with Crippen molar-refractivity contribution in [2.75, 3.05) is 32.7 Å². The molecule has 2 heterocycles. The number of carbonyl (C=O) groups is 2. The SMILES string of the molecule is O=C(CN1CCN(C(=O)CCc2nc3ccccc3c(=O)n2C2CC2)CC1)NCc1ccccc1. The molecule has 0 unspecified atom stereocenters. The zero-order valence-corrected chi connectivity index (χ0v) is 19.9. The molecule has 2 fully saturated rings. The summed E-state index contributed by atoms with van der Waals surface area (Å²) in [6, 6.07) is 17.5. The van der Waals surface area contributed by atoms with E-state index in [2.05, 4.69) is 10.2 Å². The highest BCUT2D eigenvalue weighted by atomic mass is 16.2. The average Bonchev–Trinajstić information content (AvgIpc) is 3.72. The Morgan fingerprint density at radius 1 is 0.943 bits per heavy atom. The molecule has 0 atom stereocenters. The molecule has 1 aromatic heterocycles. The van der Waals surface area contributed by atoms with E-state index >= 15 is 0 Å². The summed E-state index contributed by atoms with van der Waals surface area (Å²) in [5, 5.41) is 3.60. The molecule has 1 aliphatic carbocycles. The quantitative estimate of drug-likeness (QED) is 0.542. The number of rotatable bonds is 8. The summed E-state index contributed by atoms with van der Waals surface area (Å²) in [5.74, 6) is 0.773. The van der Waals surface area contributed by atoms with Gasteiger partial charge in [0.1, 0.15) is 5.82 Å². The Bertz CT molecular complexity index is 1260. The summed E-state index contributed by atoms with van der Waals surface area (Å²) in [6.45, 7) is 3.41. The molecular formula is C27H31N5O3. The van der Waals surface area contributed by atoms with E-state index in [9.17, 15) is 14.4 Å². The monoisotopic (exact) mass is 473 g/mol. The fourth-order valence-electron chi connectivity index (χ4n) is 4.67. The first-order valence-electron chi connectivity index (χ1n) is 12.4. The number of aromatic nitrogens is 2. The van der Waals surface area contributed by atoms with Crippen LogP contribution in [0.3, 0.4) is 0 Å².